The van der Waals surface area contributed by atoms with Gasteiger partial charge in [-0.1, -0.05) is 37.3 Å². The van der Waals surface area contributed by atoms with Crippen LogP contribution in [0.25, 0.3) is 5.57 Å². The maximum atomic E-state index is 12.3. The summed E-state index contributed by atoms with van der Waals surface area (Å²) in [5.74, 6) is 0.363. The van der Waals surface area contributed by atoms with Crippen LogP contribution in [-0.2, 0) is 9.84 Å². The van der Waals surface area contributed by atoms with Gasteiger partial charge < -0.3 is 10.0 Å². The van der Waals surface area contributed by atoms with Crippen molar-refractivity contribution >= 4 is 21.1 Å². The molecule has 0 radical (unpaired) electrons. The molecule has 2 aromatic rings. The van der Waals surface area contributed by atoms with Crippen molar-refractivity contribution in [2.24, 2.45) is 0 Å². The second-order valence-corrected chi connectivity index (χ2v) is 8.09. The van der Waals surface area contributed by atoms with Gasteiger partial charge in [-0.2, -0.15) is 0 Å². The zero-order chi connectivity index (χ0) is 17.2. The fraction of sp³-hybridized carbons (Fsp3) is 0.263. The molecule has 1 aliphatic rings. The molecule has 0 atom stereocenters. The van der Waals surface area contributed by atoms with E-state index in [2.05, 4.69) is 11.0 Å². The summed E-state index contributed by atoms with van der Waals surface area (Å²) < 4.78 is 24.6. The van der Waals surface area contributed by atoms with Crippen LogP contribution in [-0.4, -0.2) is 32.4 Å². The number of aromatic hydroxyl groups is 1. The monoisotopic (exact) mass is 343 g/mol. The third-order valence-electron chi connectivity index (χ3n) is 4.37. The third kappa shape index (κ3) is 3.31. The van der Waals surface area contributed by atoms with Crippen LogP contribution in [0.5, 0.6) is 5.75 Å². The maximum Gasteiger partial charge on any atom is 0.180 e. The summed E-state index contributed by atoms with van der Waals surface area (Å²) in [5, 5.41) is 9.39. The van der Waals surface area contributed by atoms with Crippen molar-refractivity contribution < 1.29 is 13.5 Å². The smallest absolute Gasteiger partial charge is 0.180 e. The Morgan fingerprint density at radius 2 is 1.79 bits per heavy atom. The number of anilines is 1. The topological polar surface area (TPSA) is 57.6 Å². The first-order valence-corrected chi connectivity index (χ1v) is 9.71. The highest BCUT2D eigenvalue weighted by Gasteiger charge is 2.21. The fourth-order valence-corrected chi connectivity index (χ4v) is 4.08. The van der Waals surface area contributed by atoms with E-state index in [1.54, 1.807) is 31.2 Å². The van der Waals surface area contributed by atoms with E-state index in [0.29, 0.717) is 11.4 Å². The lowest BCUT2D eigenvalue weighted by atomic mass is 9.99. The predicted octanol–water partition coefficient (Wildman–Crippen LogP) is 3.48. The van der Waals surface area contributed by atoms with Crippen molar-refractivity contribution in [3.63, 3.8) is 0 Å². The number of rotatable bonds is 4. The van der Waals surface area contributed by atoms with Crippen LogP contribution in [0.1, 0.15) is 18.9 Å². The second-order valence-electron chi connectivity index (χ2n) is 5.84. The van der Waals surface area contributed by atoms with Crippen LogP contribution in [0, 0.1) is 0 Å². The first-order valence-electron chi connectivity index (χ1n) is 8.06. The molecule has 1 heterocycles. The fourth-order valence-electron chi connectivity index (χ4n) is 2.96. The van der Waals surface area contributed by atoms with Crippen LogP contribution in [0.2, 0.25) is 0 Å². The molecule has 1 aliphatic heterocycles. The Labute approximate surface area is 143 Å². The van der Waals surface area contributed by atoms with Gasteiger partial charge in [-0.3, -0.25) is 0 Å². The summed E-state index contributed by atoms with van der Waals surface area (Å²) >= 11 is 0. The first-order chi connectivity index (χ1) is 11.5. The molecule has 1 N–H and O–H groups in total. The van der Waals surface area contributed by atoms with Gasteiger partial charge in [-0.15, -0.1) is 0 Å². The van der Waals surface area contributed by atoms with E-state index in [9.17, 15) is 13.5 Å². The van der Waals surface area contributed by atoms with E-state index >= 15 is 0 Å². The standard InChI is InChI=1S/C19H21NO3S/c1-2-24(22,23)19-6-4-3-5-18(19)20-13-11-16(12-14-20)15-7-9-17(21)10-8-15/h3-11,21H,2,12-14H2,1H3. The van der Waals surface area contributed by atoms with E-state index in [4.69, 9.17) is 0 Å². The van der Waals surface area contributed by atoms with E-state index < -0.39 is 9.84 Å². The highest BCUT2D eigenvalue weighted by atomic mass is 32.2. The average molecular weight is 343 g/mol. The van der Waals surface area contributed by atoms with Gasteiger partial charge in [0.2, 0.25) is 0 Å². The van der Waals surface area contributed by atoms with E-state index in [-0.39, 0.29) is 11.5 Å². The highest BCUT2D eigenvalue weighted by molar-refractivity contribution is 7.91. The molecule has 0 saturated heterocycles. The van der Waals surface area contributed by atoms with Crippen molar-refractivity contribution in [2.45, 2.75) is 18.2 Å². The van der Waals surface area contributed by atoms with E-state index in [1.165, 1.54) is 5.57 Å². The molecule has 0 spiro atoms. The molecule has 2 aromatic carbocycles. The van der Waals surface area contributed by atoms with Gasteiger partial charge in [0.05, 0.1) is 16.3 Å². The second kappa shape index (κ2) is 6.69. The Bertz CT molecular complexity index is 854. The third-order valence-corrected chi connectivity index (χ3v) is 6.14. The number of nitrogens with zero attached hydrogens (tertiary/aromatic N) is 1. The average Bonchev–Trinajstić information content (AvgIpc) is 2.62. The number of sulfone groups is 1. The van der Waals surface area contributed by atoms with Crippen LogP contribution < -0.4 is 4.90 Å². The van der Waals surface area contributed by atoms with Crippen molar-refractivity contribution in [1.82, 2.24) is 0 Å². The van der Waals surface area contributed by atoms with Crippen LogP contribution >= 0.6 is 0 Å². The Balaban J connectivity index is 1.86. The molecule has 126 valence electrons. The molecule has 0 unspecified atom stereocenters. The summed E-state index contributed by atoms with van der Waals surface area (Å²) in [7, 11) is -3.24. The zero-order valence-electron chi connectivity index (χ0n) is 13.6. The molecule has 24 heavy (non-hydrogen) atoms. The normalized spacial score (nSPS) is 15.2. The first kappa shape index (κ1) is 16.6. The SMILES string of the molecule is CCS(=O)(=O)c1ccccc1N1CC=C(c2ccc(O)cc2)CC1. The molecule has 0 fully saturated rings. The van der Waals surface area contributed by atoms with Gasteiger partial charge in [0.25, 0.3) is 0 Å². The van der Waals surface area contributed by atoms with Crippen molar-refractivity contribution in [1.29, 1.82) is 0 Å². The lowest BCUT2D eigenvalue weighted by molar-refractivity contribution is 0.475. The Morgan fingerprint density at radius 1 is 1.08 bits per heavy atom. The Hall–Kier alpha value is -2.27. The molecule has 0 aliphatic carbocycles. The van der Waals surface area contributed by atoms with Gasteiger partial charge >= 0.3 is 0 Å². The van der Waals surface area contributed by atoms with Gasteiger partial charge in [0.1, 0.15) is 5.75 Å². The maximum absolute atomic E-state index is 12.3. The molecule has 0 aromatic heterocycles. The lowest BCUT2D eigenvalue weighted by Crippen LogP contribution is -2.29. The number of phenols is 1. The van der Waals surface area contributed by atoms with Crippen LogP contribution in [0.15, 0.2) is 59.5 Å². The number of hydrogen-bond donors (Lipinski definition) is 1. The molecule has 0 saturated carbocycles. The van der Waals surface area contributed by atoms with Crippen molar-refractivity contribution in [3.8, 4) is 5.75 Å². The highest BCUT2D eigenvalue weighted by Crippen LogP contribution is 2.30. The van der Waals surface area contributed by atoms with Crippen molar-refractivity contribution in [3.05, 3.63) is 60.2 Å². The molecular formula is C19H21NO3S. The zero-order valence-corrected chi connectivity index (χ0v) is 14.5. The summed E-state index contributed by atoms with van der Waals surface area (Å²) in [5.41, 5.74) is 3.10. The van der Waals surface area contributed by atoms with Crippen LogP contribution in [0.4, 0.5) is 5.69 Å². The van der Waals surface area contributed by atoms with Gasteiger partial charge in [-0.25, -0.2) is 8.42 Å². The summed E-state index contributed by atoms with van der Waals surface area (Å²) in [6.07, 6.45) is 2.97. The van der Waals surface area contributed by atoms with Gasteiger partial charge in [0.15, 0.2) is 9.84 Å². The summed E-state index contributed by atoms with van der Waals surface area (Å²) in [6, 6.07) is 14.4. The minimum atomic E-state index is -3.24. The predicted molar refractivity (Wildman–Crippen MR) is 97.1 cm³/mol. The number of para-hydroxylation sites is 1. The minimum absolute atomic E-state index is 0.104. The summed E-state index contributed by atoms with van der Waals surface area (Å²) in [4.78, 5) is 2.51. The lowest BCUT2D eigenvalue weighted by Gasteiger charge is -2.30. The number of hydrogen-bond acceptors (Lipinski definition) is 4. The molecule has 0 amide bonds. The van der Waals surface area contributed by atoms with Crippen LogP contribution in [0.3, 0.4) is 0 Å². The quantitative estimate of drug-likeness (QED) is 0.923. The summed E-state index contributed by atoms with van der Waals surface area (Å²) in [6.45, 7) is 3.11. The largest absolute Gasteiger partial charge is 0.508 e. The van der Waals surface area contributed by atoms with E-state index in [1.807, 2.05) is 24.3 Å². The molecule has 3 rings (SSSR count). The minimum Gasteiger partial charge on any atom is -0.508 e. The van der Waals surface area contributed by atoms with Gasteiger partial charge in [0, 0.05) is 13.1 Å². The number of benzene rings is 2. The molecular weight excluding hydrogens is 322 g/mol. The Morgan fingerprint density at radius 3 is 2.42 bits per heavy atom. The van der Waals surface area contributed by atoms with E-state index in [0.717, 1.165) is 24.2 Å². The van der Waals surface area contributed by atoms with Gasteiger partial charge in [-0.05, 0) is 41.8 Å². The van der Waals surface area contributed by atoms with Crippen molar-refractivity contribution in [2.75, 3.05) is 23.7 Å². The Kier molecular flexibility index (Phi) is 4.62. The molecule has 4 nitrogen and oxygen atoms in total. The number of phenolic OH excluding ortho intramolecular Hbond substituents is 1. The molecule has 5 heteroatoms. The molecule has 0 bridgehead atoms.